The molecule has 0 spiro atoms. The van der Waals surface area contributed by atoms with E-state index in [1.54, 1.807) is 48.5 Å². The highest BCUT2D eigenvalue weighted by Crippen LogP contribution is 2.27. The molecule has 0 radical (unpaired) electrons. The Morgan fingerprint density at radius 3 is 2.16 bits per heavy atom. The van der Waals surface area contributed by atoms with E-state index < -0.39 is 34.3 Å². The van der Waals surface area contributed by atoms with E-state index in [-0.39, 0.29) is 29.5 Å². The Morgan fingerprint density at radius 2 is 1.53 bits per heavy atom. The van der Waals surface area contributed by atoms with Crippen LogP contribution in [0, 0.1) is 5.82 Å². The number of anilines is 1. The number of halogens is 3. The van der Waals surface area contributed by atoms with Crippen LogP contribution < -0.4 is 9.62 Å². The number of hydrogen-bond acceptors (Lipinski definition) is 4. The Morgan fingerprint density at radius 1 is 0.889 bits per heavy atom. The standard InChI is InChI=1S/C34H34Cl2FN3O4S/c1-2-3-20-38-34(42)32(21-25-10-6-4-7-11-25)39(23-26-14-15-27(35)22-31(26)36)33(41)24-40(29-12-8-5-9-13-29)45(43,44)30-18-16-28(37)17-19-30/h4-19,22,32H,2-3,20-21,23-24H2,1H3,(H,38,42). The van der Waals surface area contributed by atoms with Gasteiger partial charge in [0.2, 0.25) is 11.8 Å². The third-order valence-corrected chi connectivity index (χ3v) is 9.56. The molecule has 0 aliphatic carbocycles. The predicted molar refractivity (Wildman–Crippen MR) is 176 cm³/mol. The summed E-state index contributed by atoms with van der Waals surface area (Å²) in [7, 11) is -4.33. The largest absolute Gasteiger partial charge is 0.354 e. The lowest BCUT2D eigenvalue weighted by Crippen LogP contribution is -2.53. The minimum Gasteiger partial charge on any atom is -0.354 e. The summed E-state index contributed by atoms with van der Waals surface area (Å²) < 4.78 is 42.6. The monoisotopic (exact) mass is 669 g/mol. The molecule has 0 saturated heterocycles. The molecule has 11 heteroatoms. The van der Waals surface area contributed by atoms with Gasteiger partial charge < -0.3 is 10.2 Å². The van der Waals surface area contributed by atoms with Crippen LogP contribution in [0.5, 0.6) is 0 Å². The van der Waals surface area contributed by atoms with Crippen molar-refractivity contribution in [2.24, 2.45) is 0 Å². The van der Waals surface area contributed by atoms with Crippen LogP contribution in [0.3, 0.4) is 0 Å². The fourth-order valence-corrected chi connectivity index (χ4v) is 6.63. The smallest absolute Gasteiger partial charge is 0.264 e. The normalized spacial score (nSPS) is 11.9. The van der Waals surface area contributed by atoms with E-state index in [1.165, 1.54) is 4.90 Å². The summed E-state index contributed by atoms with van der Waals surface area (Å²) in [5, 5.41) is 3.64. The van der Waals surface area contributed by atoms with Crippen LogP contribution in [0.25, 0.3) is 0 Å². The number of nitrogens with one attached hydrogen (secondary N) is 1. The number of para-hydroxylation sites is 1. The molecule has 0 bridgehead atoms. The molecule has 0 fully saturated rings. The number of carbonyl (C=O) groups excluding carboxylic acids is 2. The van der Waals surface area contributed by atoms with Crippen LogP contribution in [0.15, 0.2) is 108 Å². The van der Waals surface area contributed by atoms with Crippen molar-refractivity contribution in [2.45, 2.75) is 43.7 Å². The molecule has 1 unspecified atom stereocenters. The lowest BCUT2D eigenvalue weighted by atomic mass is 10.0. The second-order valence-corrected chi connectivity index (χ2v) is 13.1. The predicted octanol–water partition coefficient (Wildman–Crippen LogP) is 6.88. The van der Waals surface area contributed by atoms with E-state index in [9.17, 15) is 22.4 Å². The van der Waals surface area contributed by atoms with Crippen molar-refractivity contribution in [3.8, 4) is 0 Å². The van der Waals surface area contributed by atoms with Crippen LogP contribution in [0.4, 0.5) is 10.1 Å². The molecule has 0 aromatic heterocycles. The fraction of sp³-hybridized carbons (Fsp3) is 0.235. The first-order chi connectivity index (χ1) is 21.6. The maximum atomic E-state index is 14.4. The Kier molecular flexibility index (Phi) is 12.0. The second-order valence-electron chi connectivity index (χ2n) is 10.4. The van der Waals surface area contributed by atoms with Gasteiger partial charge in [-0.05, 0) is 66.1 Å². The molecule has 0 heterocycles. The van der Waals surface area contributed by atoms with Crippen LogP contribution >= 0.6 is 23.2 Å². The first kappa shape index (κ1) is 34.0. The fourth-order valence-electron chi connectivity index (χ4n) is 4.75. The third kappa shape index (κ3) is 9.06. The minimum atomic E-state index is -4.33. The quantitative estimate of drug-likeness (QED) is 0.148. The molecule has 0 aliphatic heterocycles. The van der Waals surface area contributed by atoms with Crippen LogP contribution in [-0.2, 0) is 32.6 Å². The van der Waals surface area contributed by atoms with E-state index in [0.717, 1.165) is 47.0 Å². The van der Waals surface area contributed by atoms with E-state index in [1.807, 2.05) is 37.3 Å². The van der Waals surface area contributed by atoms with Crippen molar-refractivity contribution < 1.29 is 22.4 Å². The number of amides is 2. The molecule has 45 heavy (non-hydrogen) atoms. The molecule has 0 saturated carbocycles. The zero-order chi connectivity index (χ0) is 32.4. The van der Waals surface area contributed by atoms with Gasteiger partial charge in [-0.2, -0.15) is 0 Å². The van der Waals surface area contributed by atoms with Crippen molar-refractivity contribution >= 4 is 50.7 Å². The Hall–Kier alpha value is -3.92. The molecular weight excluding hydrogens is 636 g/mol. The second kappa shape index (κ2) is 15.9. The van der Waals surface area contributed by atoms with E-state index >= 15 is 0 Å². The lowest BCUT2D eigenvalue weighted by Gasteiger charge is -2.34. The zero-order valence-electron chi connectivity index (χ0n) is 24.7. The van der Waals surface area contributed by atoms with Gasteiger partial charge in [0.05, 0.1) is 10.6 Å². The number of sulfonamides is 1. The van der Waals surface area contributed by atoms with E-state index in [4.69, 9.17) is 23.2 Å². The number of unbranched alkanes of at least 4 members (excludes halogenated alkanes) is 1. The van der Waals surface area contributed by atoms with Crippen molar-refractivity contribution in [3.63, 3.8) is 0 Å². The molecule has 7 nitrogen and oxygen atoms in total. The Labute approximate surface area is 273 Å². The summed E-state index contributed by atoms with van der Waals surface area (Å²) in [5.74, 6) is -1.61. The highest BCUT2D eigenvalue weighted by atomic mass is 35.5. The molecular formula is C34H34Cl2FN3O4S. The highest BCUT2D eigenvalue weighted by Gasteiger charge is 2.34. The van der Waals surface area contributed by atoms with Gasteiger partial charge >= 0.3 is 0 Å². The topological polar surface area (TPSA) is 86.8 Å². The van der Waals surface area contributed by atoms with Crippen molar-refractivity contribution in [1.82, 2.24) is 10.2 Å². The zero-order valence-corrected chi connectivity index (χ0v) is 27.0. The lowest BCUT2D eigenvalue weighted by molar-refractivity contribution is -0.140. The average Bonchev–Trinajstić information content (AvgIpc) is 3.03. The Balaban J connectivity index is 1.79. The summed E-state index contributed by atoms with van der Waals surface area (Å²) in [6.45, 7) is 1.69. The number of hydrogen-bond donors (Lipinski definition) is 1. The van der Waals surface area contributed by atoms with Gasteiger partial charge in [-0.3, -0.25) is 13.9 Å². The first-order valence-corrected chi connectivity index (χ1v) is 16.7. The minimum absolute atomic E-state index is 0.0905. The highest BCUT2D eigenvalue weighted by molar-refractivity contribution is 7.92. The van der Waals surface area contributed by atoms with E-state index in [0.29, 0.717) is 22.2 Å². The third-order valence-electron chi connectivity index (χ3n) is 7.18. The van der Waals surface area contributed by atoms with Crippen molar-refractivity contribution in [2.75, 3.05) is 17.4 Å². The molecule has 236 valence electrons. The molecule has 2 amide bonds. The van der Waals surface area contributed by atoms with Gasteiger partial charge in [0, 0.05) is 29.6 Å². The van der Waals surface area contributed by atoms with Gasteiger partial charge in [-0.25, -0.2) is 12.8 Å². The van der Waals surface area contributed by atoms with Crippen LogP contribution in [0.1, 0.15) is 30.9 Å². The molecule has 4 aromatic rings. The summed E-state index contributed by atoms with van der Waals surface area (Å²) in [4.78, 5) is 29.4. The van der Waals surface area contributed by atoms with Gasteiger partial charge in [0.1, 0.15) is 18.4 Å². The SMILES string of the molecule is CCCCNC(=O)C(Cc1ccccc1)N(Cc1ccc(Cl)cc1Cl)C(=O)CN(c1ccccc1)S(=O)(=O)c1ccc(F)cc1. The number of rotatable bonds is 14. The molecule has 4 aromatic carbocycles. The molecule has 1 N–H and O–H groups in total. The van der Waals surface area contributed by atoms with Crippen molar-refractivity contribution in [3.05, 3.63) is 130 Å². The number of benzene rings is 4. The van der Waals surface area contributed by atoms with Gasteiger partial charge in [-0.15, -0.1) is 0 Å². The first-order valence-electron chi connectivity index (χ1n) is 14.5. The molecule has 4 rings (SSSR count). The maximum Gasteiger partial charge on any atom is 0.264 e. The summed E-state index contributed by atoms with van der Waals surface area (Å²) in [5.41, 5.74) is 1.57. The number of nitrogens with zero attached hydrogens (tertiary/aromatic N) is 2. The van der Waals surface area contributed by atoms with Crippen molar-refractivity contribution in [1.29, 1.82) is 0 Å². The summed E-state index contributed by atoms with van der Waals surface area (Å²) in [6, 6.07) is 25.6. The number of carbonyl (C=O) groups is 2. The van der Waals surface area contributed by atoms with Gasteiger partial charge in [0.15, 0.2) is 0 Å². The van der Waals surface area contributed by atoms with E-state index in [2.05, 4.69) is 5.32 Å². The average molecular weight is 671 g/mol. The van der Waals surface area contributed by atoms with Crippen LogP contribution in [0.2, 0.25) is 10.0 Å². The van der Waals surface area contributed by atoms with Gasteiger partial charge in [0.25, 0.3) is 10.0 Å². The maximum absolute atomic E-state index is 14.4. The summed E-state index contributed by atoms with van der Waals surface area (Å²) >= 11 is 12.7. The molecule has 1 atom stereocenters. The van der Waals surface area contributed by atoms with Gasteiger partial charge in [-0.1, -0.05) is 91.1 Å². The molecule has 0 aliphatic rings. The Bertz CT molecular complexity index is 1690. The summed E-state index contributed by atoms with van der Waals surface area (Å²) in [6.07, 6.45) is 1.78. The van der Waals surface area contributed by atoms with Crippen LogP contribution in [-0.4, -0.2) is 44.3 Å².